The van der Waals surface area contributed by atoms with Crippen molar-refractivity contribution in [1.29, 1.82) is 0 Å². The number of hydrogen-bond donors (Lipinski definition) is 1. The molecule has 0 bridgehead atoms. The highest BCUT2D eigenvalue weighted by molar-refractivity contribution is 7.14. The summed E-state index contributed by atoms with van der Waals surface area (Å²) in [6, 6.07) is 6.70. The number of nitrogens with zero attached hydrogens (tertiary/aromatic N) is 3. The zero-order valence-corrected chi connectivity index (χ0v) is 26.2. The van der Waals surface area contributed by atoms with E-state index >= 15 is 0 Å². The minimum absolute atomic E-state index is 0.200. The van der Waals surface area contributed by atoms with E-state index in [0.717, 1.165) is 10.4 Å². The van der Waals surface area contributed by atoms with Crippen molar-refractivity contribution in [2.24, 2.45) is 0 Å². The van der Waals surface area contributed by atoms with Crippen molar-refractivity contribution < 1.29 is 33.4 Å². The second kappa shape index (κ2) is 13.0. The second-order valence-corrected chi connectivity index (χ2v) is 13.4. The third kappa shape index (κ3) is 9.15. The fraction of sp³-hybridized carbons (Fsp3) is 0.452. The van der Waals surface area contributed by atoms with Crippen LogP contribution in [0.1, 0.15) is 77.6 Å². The van der Waals surface area contributed by atoms with E-state index in [0.29, 0.717) is 47.8 Å². The molecule has 1 aliphatic rings. The van der Waals surface area contributed by atoms with E-state index in [-0.39, 0.29) is 30.9 Å². The van der Waals surface area contributed by atoms with Gasteiger partial charge in [-0.05, 0) is 77.8 Å². The first-order valence-corrected chi connectivity index (χ1v) is 14.8. The second-order valence-electron chi connectivity index (χ2n) is 12.2. The van der Waals surface area contributed by atoms with Crippen molar-refractivity contribution in [3.63, 3.8) is 0 Å². The molecule has 230 valence electrons. The van der Waals surface area contributed by atoms with Crippen LogP contribution in [0, 0.1) is 0 Å². The maximum atomic E-state index is 13.1. The number of thiophene rings is 1. The Bertz CT molecular complexity index is 1480. The van der Waals surface area contributed by atoms with Crippen molar-refractivity contribution in [2.75, 3.05) is 19.7 Å². The standard InChI is InChI=1S/C31H38N4O7S/c1-30(2,3)41-27(37)18-40-24-8-7-20(13-21(24)16-34-12-10-32-19-34)23(36)15-33-28(38)26-14-22-17-35(11-9-25(22)43-26)29(39)42-31(4,5)6/h7-8,10,12-14,19H,9,11,15-18H2,1-6H3,(H,33,38). The molecule has 3 heterocycles. The lowest BCUT2D eigenvalue weighted by Crippen LogP contribution is -2.39. The molecule has 0 fully saturated rings. The van der Waals surface area contributed by atoms with Crippen molar-refractivity contribution in [3.8, 4) is 5.75 Å². The van der Waals surface area contributed by atoms with Gasteiger partial charge in [-0.25, -0.2) is 14.6 Å². The Morgan fingerprint density at radius 1 is 1.02 bits per heavy atom. The van der Waals surface area contributed by atoms with Crippen molar-refractivity contribution >= 4 is 35.1 Å². The van der Waals surface area contributed by atoms with Gasteiger partial charge in [0, 0.05) is 34.9 Å². The Hall–Kier alpha value is -4.19. The van der Waals surface area contributed by atoms with Gasteiger partial charge in [0.1, 0.15) is 17.0 Å². The molecule has 1 N–H and O–H groups in total. The predicted octanol–water partition coefficient (Wildman–Crippen LogP) is 4.62. The number of imidazole rings is 1. The molecule has 2 aromatic heterocycles. The number of esters is 1. The highest BCUT2D eigenvalue weighted by Crippen LogP contribution is 2.29. The molecular formula is C31H38N4O7S. The number of carbonyl (C=O) groups excluding carboxylic acids is 4. The topological polar surface area (TPSA) is 129 Å². The Morgan fingerprint density at radius 3 is 2.44 bits per heavy atom. The van der Waals surface area contributed by atoms with Crippen LogP contribution in [0.15, 0.2) is 43.0 Å². The minimum atomic E-state index is -0.635. The molecule has 43 heavy (non-hydrogen) atoms. The first-order chi connectivity index (χ1) is 20.2. The van der Waals surface area contributed by atoms with Gasteiger partial charge < -0.3 is 29.0 Å². The summed E-state index contributed by atoms with van der Waals surface area (Å²) in [5.41, 5.74) is 0.739. The molecule has 0 spiro atoms. The van der Waals surface area contributed by atoms with Gasteiger partial charge in [0.05, 0.1) is 30.8 Å². The fourth-order valence-electron chi connectivity index (χ4n) is 4.38. The Kier molecular flexibility index (Phi) is 9.59. The zero-order valence-electron chi connectivity index (χ0n) is 25.4. The van der Waals surface area contributed by atoms with E-state index in [9.17, 15) is 19.2 Å². The lowest BCUT2D eigenvalue weighted by atomic mass is 10.1. The van der Waals surface area contributed by atoms with Gasteiger partial charge >= 0.3 is 12.1 Å². The van der Waals surface area contributed by atoms with Gasteiger partial charge in [0.25, 0.3) is 5.91 Å². The van der Waals surface area contributed by atoms with E-state index < -0.39 is 17.2 Å². The average molecular weight is 611 g/mol. The number of nitrogens with one attached hydrogen (secondary N) is 1. The lowest BCUT2D eigenvalue weighted by molar-refractivity contribution is -0.157. The van der Waals surface area contributed by atoms with E-state index in [1.165, 1.54) is 11.3 Å². The first kappa shape index (κ1) is 31.7. The summed E-state index contributed by atoms with van der Waals surface area (Å²) in [4.78, 5) is 57.9. The molecule has 4 rings (SSSR count). The molecule has 0 atom stereocenters. The molecule has 0 unspecified atom stereocenters. The van der Waals surface area contributed by atoms with Gasteiger partial charge in [0.2, 0.25) is 0 Å². The predicted molar refractivity (Wildman–Crippen MR) is 160 cm³/mol. The third-order valence-electron chi connectivity index (χ3n) is 6.21. The average Bonchev–Trinajstić information content (AvgIpc) is 3.58. The minimum Gasteiger partial charge on any atom is -0.482 e. The maximum absolute atomic E-state index is 13.1. The Labute approximate surface area is 255 Å². The summed E-state index contributed by atoms with van der Waals surface area (Å²) in [6.45, 7) is 11.6. The summed E-state index contributed by atoms with van der Waals surface area (Å²) >= 11 is 1.37. The molecule has 12 heteroatoms. The van der Waals surface area contributed by atoms with Gasteiger partial charge in [-0.2, -0.15) is 0 Å². The summed E-state index contributed by atoms with van der Waals surface area (Å²) in [6.07, 6.45) is 5.31. The number of rotatable bonds is 9. The van der Waals surface area contributed by atoms with Crippen LogP contribution in [0.4, 0.5) is 4.79 Å². The van der Waals surface area contributed by atoms with E-state index in [1.54, 1.807) is 68.7 Å². The number of Topliss-reactive ketones (excluding diaryl/α,β-unsaturated/α-hetero) is 1. The molecule has 0 saturated heterocycles. The monoisotopic (exact) mass is 610 g/mol. The molecule has 2 amide bonds. The molecule has 0 aliphatic carbocycles. The molecule has 3 aromatic rings. The van der Waals surface area contributed by atoms with Crippen LogP contribution in [0.3, 0.4) is 0 Å². The van der Waals surface area contributed by atoms with Crippen molar-refractivity contribution in [3.05, 3.63) is 69.4 Å². The molecule has 0 saturated carbocycles. The van der Waals surface area contributed by atoms with Gasteiger partial charge in [-0.1, -0.05) is 0 Å². The van der Waals surface area contributed by atoms with Gasteiger partial charge in [-0.15, -0.1) is 11.3 Å². The number of fused-ring (bicyclic) bond motifs is 1. The van der Waals surface area contributed by atoms with E-state index in [2.05, 4.69) is 10.3 Å². The Balaban J connectivity index is 1.39. The highest BCUT2D eigenvalue weighted by Gasteiger charge is 2.28. The molecule has 1 aliphatic heterocycles. The van der Waals surface area contributed by atoms with Crippen LogP contribution < -0.4 is 10.1 Å². The number of aromatic nitrogens is 2. The molecular weight excluding hydrogens is 572 g/mol. The van der Waals surface area contributed by atoms with Crippen LogP contribution >= 0.6 is 11.3 Å². The number of hydrogen-bond acceptors (Lipinski definition) is 9. The van der Waals surface area contributed by atoms with Gasteiger partial charge in [-0.3, -0.25) is 9.59 Å². The smallest absolute Gasteiger partial charge is 0.410 e. The summed E-state index contributed by atoms with van der Waals surface area (Å²) in [5, 5.41) is 2.72. The number of ether oxygens (including phenoxy) is 3. The molecule has 1 aromatic carbocycles. The van der Waals surface area contributed by atoms with Gasteiger partial charge in [0.15, 0.2) is 12.4 Å². The SMILES string of the molecule is CC(C)(C)OC(=O)COc1ccc(C(=O)CNC(=O)c2cc3c(s2)CCN(C(=O)OC(C)(C)C)C3)cc1Cn1ccnc1. The Morgan fingerprint density at radius 2 is 1.77 bits per heavy atom. The molecule has 11 nitrogen and oxygen atoms in total. The van der Waals surface area contributed by atoms with E-state index in [4.69, 9.17) is 14.2 Å². The highest BCUT2D eigenvalue weighted by atomic mass is 32.1. The number of benzene rings is 1. The molecule has 0 radical (unpaired) electrons. The number of carbonyl (C=O) groups is 4. The summed E-state index contributed by atoms with van der Waals surface area (Å²) in [5.74, 6) is -0.703. The van der Waals surface area contributed by atoms with Crippen molar-refractivity contribution in [1.82, 2.24) is 19.8 Å². The number of ketones is 1. The largest absolute Gasteiger partial charge is 0.482 e. The van der Waals surface area contributed by atoms with Crippen LogP contribution in [0.2, 0.25) is 0 Å². The van der Waals surface area contributed by atoms with Crippen LogP contribution in [-0.2, 0) is 33.8 Å². The fourth-order valence-corrected chi connectivity index (χ4v) is 5.46. The summed E-state index contributed by atoms with van der Waals surface area (Å²) in [7, 11) is 0. The third-order valence-corrected chi connectivity index (χ3v) is 7.45. The summed E-state index contributed by atoms with van der Waals surface area (Å²) < 4.78 is 18.4. The van der Waals surface area contributed by atoms with Crippen LogP contribution in [0.5, 0.6) is 5.75 Å². The first-order valence-electron chi connectivity index (χ1n) is 14.0. The van der Waals surface area contributed by atoms with Crippen LogP contribution in [-0.4, -0.2) is 69.1 Å². The van der Waals surface area contributed by atoms with E-state index in [1.807, 2.05) is 25.3 Å². The van der Waals surface area contributed by atoms with Crippen molar-refractivity contribution in [2.45, 2.75) is 72.3 Å². The lowest BCUT2D eigenvalue weighted by Gasteiger charge is -2.29. The zero-order chi connectivity index (χ0) is 31.4. The van der Waals surface area contributed by atoms with Crippen LogP contribution in [0.25, 0.3) is 0 Å². The normalized spacial score (nSPS) is 13.2. The maximum Gasteiger partial charge on any atom is 0.410 e. The quantitative estimate of drug-likeness (QED) is 0.275. The number of amides is 2.